The first-order valence-corrected chi connectivity index (χ1v) is 8.32. The van der Waals surface area contributed by atoms with Gasteiger partial charge in [-0.25, -0.2) is 4.79 Å². The van der Waals surface area contributed by atoms with Gasteiger partial charge in [0.2, 0.25) is 0 Å². The molecule has 24 heavy (non-hydrogen) atoms. The van der Waals surface area contributed by atoms with Crippen molar-refractivity contribution >= 4 is 38.7 Å². The van der Waals surface area contributed by atoms with E-state index in [2.05, 4.69) is 26.2 Å². The lowest BCUT2D eigenvalue weighted by molar-refractivity contribution is -0.152. The van der Waals surface area contributed by atoms with Gasteiger partial charge in [-0.05, 0) is 23.8 Å². The number of carbonyl (C=O) groups is 2. The fraction of sp³-hybridized carbons (Fsp3) is 0.375. The maximum absolute atomic E-state index is 12.2. The quantitative estimate of drug-likeness (QED) is 0.709. The molecule has 1 aliphatic rings. The number of carboxylic acid groups (broad SMARTS) is 1. The zero-order chi connectivity index (χ0) is 17.1. The van der Waals surface area contributed by atoms with E-state index in [0.29, 0.717) is 13.2 Å². The van der Waals surface area contributed by atoms with Crippen LogP contribution in [0, 0.1) is 0 Å². The topological polar surface area (TPSA) is 101 Å². The highest BCUT2D eigenvalue weighted by Gasteiger charge is 2.28. The molecular formula is C16H17BrN2O5. The molecule has 1 aliphatic heterocycles. The van der Waals surface area contributed by atoms with Gasteiger partial charge in [0.1, 0.15) is 6.04 Å². The maximum Gasteiger partial charge on any atom is 0.326 e. The number of rotatable bonds is 5. The molecule has 0 saturated carbocycles. The van der Waals surface area contributed by atoms with Gasteiger partial charge in [-0.3, -0.25) is 4.79 Å². The van der Waals surface area contributed by atoms with Crippen LogP contribution in [-0.4, -0.2) is 53.9 Å². The lowest BCUT2D eigenvalue weighted by Gasteiger charge is -2.24. The van der Waals surface area contributed by atoms with Crippen molar-refractivity contribution in [1.82, 2.24) is 10.3 Å². The largest absolute Gasteiger partial charge is 0.480 e. The summed E-state index contributed by atoms with van der Waals surface area (Å²) >= 11 is 3.41. The Hall–Kier alpha value is -1.90. The number of H-pyrrole nitrogens is 1. The highest BCUT2D eigenvalue weighted by atomic mass is 79.9. The van der Waals surface area contributed by atoms with E-state index >= 15 is 0 Å². The number of carboxylic acids is 1. The molecule has 3 N–H and O–H groups in total. The van der Waals surface area contributed by atoms with Crippen molar-refractivity contribution in [1.29, 1.82) is 0 Å². The molecule has 1 fully saturated rings. The van der Waals surface area contributed by atoms with E-state index in [4.69, 9.17) is 9.47 Å². The predicted molar refractivity (Wildman–Crippen MR) is 89.8 cm³/mol. The fourth-order valence-electron chi connectivity index (χ4n) is 2.64. The Morgan fingerprint density at radius 3 is 2.96 bits per heavy atom. The third-order valence-corrected chi connectivity index (χ3v) is 4.37. The van der Waals surface area contributed by atoms with Crippen LogP contribution in [0.1, 0.15) is 5.56 Å². The number of benzene rings is 1. The monoisotopic (exact) mass is 396 g/mol. The Morgan fingerprint density at radius 1 is 1.42 bits per heavy atom. The second-order valence-corrected chi connectivity index (χ2v) is 6.46. The molecule has 1 aromatic heterocycles. The number of nitrogens with one attached hydrogen (secondary N) is 2. The Kier molecular flexibility index (Phi) is 5.17. The van der Waals surface area contributed by atoms with Crippen molar-refractivity contribution in [3.63, 3.8) is 0 Å². The lowest BCUT2D eigenvalue weighted by Crippen LogP contribution is -2.50. The normalized spacial score (nSPS) is 19.1. The first-order chi connectivity index (χ1) is 11.5. The number of aliphatic carboxylic acids is 1. The van der Waals surface area contributed by atoms with Crippen LogP contribution in [0.4, 0.5) is 0 Å². The summed E-state index contributed by atoms with van der Waals surface area (Å²) < 4.78 is 11.4. The highest BCUT2D eigenvalue weighted by molar-refractivity contribution is 9.10. The highest BCUT2D eigenvalue weighted by Crippen LogP contribution is 2.23. The number of ether oxygens (including phenoxy) is 2. The fourth-order valence-corrected chi connectivity index (χ4v) is 3.00. The molecule has 2 heterocycles. The summed E-state index contributed by atoms with van der Waals surface area (Å²) in [7, 11) is 0. The number of hydrogen-bond acceptors (Lipinski definition) is 4. The third-order valence-electron chi connectivity index (χ3n) is 3.88. The van der Waals surface area contributed by atoms with Crippen LogP contribution < -0.4 is 5.32 Å². The first-order valence-electron chi connectivity index (χ1n) is 7.52. The summed E-state index contributed by atoms with van der Waals surface area (Å²) in [4.78, 5) is 26.8. The summed E-state index contributed by atoms with van der Waals surface area (Å²) in [6.07, 6.45) is 1.17. The smallest absolute Gasteiger partial charge is 0.326 e. The van der Waals surface area contributed by atoms with Gasteiger partial charge in [0.05, 0.1) is 19.8 Å². The van der Waals surface area contributed by atoms with Gasteiger partial charge in [-0.2, -0.15) is 0 Å². The van der Waals surface area contributed by atoms with Crippen LogP contribution in [0.3, 0.4) is 0 Å². The van der Waals surface area contributed by atoms with E-state index in [1.165, 1.54) is 0 Å². The first kappa shape index (κ1) is 16.9. The molecular weight excluding hydrogens is 380 g/mol. The molecule has 3 rings (SSSR count). The van der Waals surface area contributed by atoms with Crippen molar-refractivity contribution in [3.05, 3.63) is 34.4 Å². The SMILES string of the molecule is O=C(O)[C@H](Cc1c[nH]c2ccc(Br)cc12)NC(=O)[C@H]1COCCO1. The van der Waals surface area contributed by atoms with Crippen LogP contribution in [-0.2, 0) is 25.5 Å². The van der Waals surface area contributed by atoms with E-state index in [0.717, 1.165) is 20.9 Å². The van der Waals surface area contributed by atoms with Crippen LogP contribution in [0.15, 0.2) is 28.9 Å². The molecule has 8 heteroatoms. The van der Waals surface area contributed by atoms with Gasteiger partial charge in [0, 0.05) is 28.0 Å². The van der Waals surface area contributed by atoms with Crippen LogP contribution in [0.5, 0.6) is 0 Å². The van der Waals surface area contributed by atoms with Crippen molar-refractivity contribution < 1.29 is 24.2 Å². The Labute approximate surface area is 146 Å². The Morgan fingerprint density at radius 2 is 2.25 bits per heavy atom. The molecule has 1 aromatic carbocycles. The standard InChI is InChI=1S/C16H17BrN2O5/c17-10-1-2-12-11(6-10)9(7-18-12)5-13(16(21)22)19-15(20)14-8-23-3-4-24-14/h1-2,6-7,13-14,18H,3-5,8H2,(H,19,20)(H,21,22)/t13-,14+/m0/s1. The zero-order valence-corrected chi connectivity index (χ0v) is 14.3. The Bertz CT molecular complexity index is 754. The molecule has 2 aromatic rings. The molecule has 2 atom stereocenters. The summed E-state index contributed by atoms with van der Waals surface area (Å²) in [5.41, 5.74) is 1.73. The van der Waals surface area contributed by atoms with Gasteiger partial charge in [-0.1, -0.05) is 15.9 Å². The van der Waals surface area contributed by atoms with Gasteiger partial charge in [-0.15, -0.1) is 0 Å². The number of amides is 1. The van der Waals surface area contributed by atoms with E-state index < -0.39 is 24.0 Å². The molecule has 0 bridgehead atoms. The molecule has 1 saturated heterocycles. The molecule has 128 valence electrons. The average Bonchev–Trinajstić information content (AvgIpc) is 2.97. The number of carbonyl (C=O) groups excluding carboxylic acids is 1. The molecule has 0 radical (unpaired) electrons. The number of hydrogen-bond donors (Lipinski definition) is 3. The van der Waals surface area contributed by atoms with E-state index in [-0.39, 0.29) is 13.0 Å². The Balaban J connectivity index is 1.74. The van der Waals surface area contributed by atoms with Gasteiger partial charge in [0.25, 0.3) is 5.91 Å². The second-order valence-electron chi connectivity index (χ2n) is 5.54. The molecule has 7 nitrogen and oxygen atoms in total. The van der Waals surface area contributed by atoms with Gasteiger partial charge in [0.15, 0.2) is 6.10 Å². The van der Waals surface area contributed by atoms with E-state index in [1.54, 1.807) is 6.20 Å². The van der Waals surface area contributed by atoms with E-state index in [1.807, 2.05) is 18.2 Å². The summed E-state index contributed by atoms with van der Waals surface area (Å²) in [6.45, 7) is 0.904. The molecule has 0 spiro atoms. The molecule has 1 amide bonds. The third kappa shape index (κ3) is 3.77. The van der Waals surface area contributed by atoms with Crippen molar-refractivity contribution in [2.75, 3.05) is 19.8 Å². The number of aromatic nitrogens is 1. The average molecular weight is 397 g/mol. The second kappa shape index (κ2) is 7.33. The number of aromatic amines is 1. The predicted octanol–water partition coefficient (Wildman–Crippen LogP) is 1.46. The minimum absolute atomic E-state index is 0.137. The summed E-state index contributed by atoms with van der Waals surface area (Å²) in [6, 6.07) is 4.69. The van der Waals surface area contributed by atoms with Crippen molar-refractivity contribution in [3.8, 4) is 0 Å². The summed E-state index contributed by atoms with van der Waals surface area (Å²) in [5, 5.41) is 12.9. The van der Waals surface area contributed by atoms with Crippen LogP contribution in [0.25, 0.3) is 10.9 Å². The van der Waals surface area contributed by atoms with E-state index in [9.17, 15) is 14.7 Å². The zero-order valence-electron chi connectivity index (χ0n) is 12.8. The van der Waals surface area contributed by atoms with Crippen molar-refractivity contribution in [2.45, 2.75) is 18.6 Å². The van der Waals surface area contributed by atoms with Crippen LogP contribution in [0.2, 0.25) is 0 Å². The lowest BCUT2D eigenvalue weighted by atomic mass is 10.0. The minimum atomic E-state index is -1.09. The number of halogens is 1. The number of fused-ring (bicyclic) bond motifs is 1. The summed E-state index contributed by atoms with van der Waals surface area (Å²) in [5.74, 6) is -1.56. The van der Waals surface area contributed by atoms with Crippen LogP contribution >= 0.6 is 15.9 Å². The minimum Gasteiger partial charge on any atom is -0.480 e. The molecule has 0 unspecified atom stereocenters. The van der Waals surface area contributed by atoms with Crippen molar-refractivity contribution in [2.24, 2.45) is 0 Å². The van der Waals surface area contributed by atoms with Gasteiger partial charge < -0.3 is 24.9 Å². The van der Waals surface area contributed by atoms with Gasteiger partial charge >= 0.3 is 5.97 Å². The maximum atomic E-state index is 12.2. The molecule has 0 aliphatic carbocycles.